The van der Waals surface area contributed by atoms with Crippen molar-refractivity contribution >= 4 is 12.0 Å². The van der Waals surface area contributed by atoms with Gasteiger partial charge >= 0.3 is 0 Å². The standard InChI is InChI=1S/C21H25FN2O3/c1-15(23-18-3-5-19(26-2)6-4-18)20-12-16(11-17(14-25)21(20)22)13-24-7-9-27-10-8-24/h3-6,11-12,14-15,23H,7-10,13H2,1-2H3. The van der Waals surface area contributed by atoms with Crippen molar-refractivity contribution in [2.75, 3.05) is 38.7 Å². The molecule has 1 unspecified atom stereocenters. The SMILES string of the molecule is COc1ccc(NC(C)c2cc(CN3CCOCC3)cc(C=O)c2F)cc1. The van der Waals surface area contributed by atoms with Crippen LogP contribution in [0.25, 0.3) is 0 Å². The number of carbonyl (C=O) groups is 1. The van der Waals surface area contributed by atoms with Crippen molar-refractivity contribution < 1.29 is 18.7 Å². The highest BCUT2D eigenvalue weighted by Crippen LogP contribution is 2.26. The maximum absolute atomic E-state index is 14.8. The number of nitrogens with one attached hydrogen (secondary N) is 1. The Bertz CT molecular complexity index is 774. The zero-order chi connectivity index (χ0) is 19.2. The lowest BCUT2D eigenvalue weighted by atomic mass is 9.99. The molecule has 2 aromatic rings. The summed E-state index contributed by atoms with van der Waals surface area (Å²) in [7, 11) is 1.61. The van der Waals surface area contributed by atoms with Crippen molar-refractivity contribution in [1.29, 1.82) is 0 Å². The van der Waals surface area contributed by atoms with Crippen molar-refractivity contribution in [3.63, 3.8) is 0 Å². The Morgan fingerprint density at radius 2 is 1.96 bits per heavy atom. The third-order valence-electron chi connectivity index (χ3n) is 4.77. The number of aldehydes is 1. The number of hydrogen-bond donors (Lipinski definition) is 1. The van der Waals surface area contributed by atoms with E-state index in [-0.39, 0.29) is 11.6 Å². The Labute approximate surface area is 159 Å². The van der Waals surface area contributed by atoms with E-state index in [1.54, 1.807) is 13.2 Å². The third-order valence-corrected chi connectivity index (χ3v) is 4.77. The molecule has 6 heteroatoms. The number of carbonyl (C=O) groups excluding carboxylic acids is 1. The minimum atomic E-state index is -0.468. The lowest BCUT2D eigenvalue weighted by Gasteiger charge is -2.27. The van der Waals surface area contributed by atoms with Gasteiger partial charge in [0.05, 0.1) is 31.9 Å². The Balaban J connectivity index is 1.80. The highest BCUT2D eigenvalue weighted by Gasteiger charge is 2.18. The molecule has 1 N–H and O–H groups in total. The van der Waals surface area contributed by atoms with Gasteiger partial charge < -0.3 is 14.8 Å². The van der Waals surface area contributed by atoms with E-state index in [0.29, 0.717) is 31.6 Å². The average molecular weight is 372 g/mol. The number of halogens is 1. The van der Waals surface area contributed by atoms with E-state index in [9.17, 15) is 9.18 Å². The Morgan fingerprint density at radius 1 is 1.26 bits per heavy atom. The monoisotopic (exact) mass is 372 g/mol. The van der Waals surface area contributed by atoms with Gasteiger partial charge in [0.15, 0.2) is 6.29 Å². The fourth-order valence-corrected chi connectivity index (χ4v) is 3.26. The van der Waals surface area contributed by atoms with Crippen molar-refractivity contribution in [2.24, 2.45) is 0 Å². The summed E-state index contributed by atoms with van der Waals surface area (Å²) < 4.78 is 25.3. The molecule has 0 aliphatic carbocycles. The maximum Gasteiger partial charge on any atom is 0.153 e. The predicted octanol–water partition coefficient (Wildman–Crippen LogP) is 3.65. The molecule has 1 aliphatic heterocycles. The molecular weight excluding hydrogens is 347 g/mol. The Morgan fingerprint density at radius 3 is 2.59 bits per heavy atom. The van der Waals surface area contributed by atoms with Gasteiger partial charge in [0, 0.05) is 30.9 Å². The van der Waals surface area contributed by atoms with Crippen LogP contribution in [0, 0.1) is 5.82 Å². The first-order chi connectivity index (χ1) is 13.1. The van der Waals surface area contributed by atoms with Crippen molar-refractivity contribution in [3.05, 3.63) is 58.9 Å². The largest absolute Gasteiger partial charge is 0.497 e. The quantitative estimate of drug-likeness (QED) is 0.752. The summed E-state index contributed by atoms with van der Waals surface area (Å²) in [6.07, 6.45) is 0.585. The molecule has 144 valence electrons. The normalized spacial score (nSPS) is 16.0. The Kier molecular flexibility index (Phi) is 6.42. The molecule has 0 amide bonds. The third kappa shape index (κ3) is 4.84. The summed E-state index contributed by atoms with van der Waals surface area (Å²) in [6.45, 7) is 5.63. The van der Waals surface area contributed by atoms with E-state index < -0.39 is 5.82 Å². The minimum Gasteiger partial charge on any atom is -0.497 e. The molecule has 0 aromatic heterocycles. The molecule has 2 aromatic carbocycles. The van der Waals surface area contributed by atoms with Crippen LogP contribution in [0.4, 0.5) is 10.1 Å². The molecule has 0 bridgehead atoms. The lowest BCUT2D eigenvalue weighted by Crippen LogP contribution is -2.35. The van der Waals surface area contributed by atoms with Gasteiger partial charge in [-0.1, -0.05) is 0 Å². The molecule has 0 spiro atoms. The highest BCUT2D eigenvalue weighted by molar-refractivity contribution is 5.76. The molecule has 1 fully saturated rings. The molecular formula is C21H25FN2O3. The fraction of sp³-hybridized carbons (Fsp3) is 0.381. The molecule has 5 nitrogen and oxygen atoms in total. The lowest BCUT2D eigenvalue weighted by molar-refractivity contribution is 0.0341. The number of methoxy groups -OCH3 is 1. The summed E-state index contributed by atoms with van der Waals surface area (Å²) in [6, 6.07) is 10.6. The van der Waals surface area contributed by atoms with Crippen LogP contribution in [0.15, 0.2) is 36.4 Å². The van der Waals surface area contributed by atoms with Gasteiger partial charge in [0.1, 0.15) is 11.6 Å². The van der Waals surface area contributed by atoms with Crippen LogP contribution in [0.1, 0.15) is 34.5 Å². The number of ether oxygens (including phenoxy) is 2. The number of rotatable bonds is 7. The summed E-state index contributed by atoms with van der Waals surface area (Å²) in [4.78, 5) is 13.6. The molecule has 3 rings (SSSR count). The molecule has 1 atom stereocenters. The van der Waals surface area contributed by atoms with Crippen LogP contribution in [-0.2, 0) is 11.3 Å². The second-order valence-corrected chi connectivity index (χ2v) is 6.69. The van der Waals surface area contributed by atoms with E-state index in [1.165, 1.54) is 0 Å². The summed E-state index contributed by atoms with van der Waals surface area (Å²) in [5.41, 5.74) is 2.37. The van der Waals surface area contributed by atoms with Crippen LogP contribution >= 0.6 is 0 Å². The number of hydrogen-bond acceptors (Lipinski definition) is 5. The van der Waals surface area contributed by atoms with Crippen LogP contribution in [0.3, 0.4) is 0 Å². The van der Waals surface area contributed by atoms with Gasteiger partial charge in [-0.2, -0.15) is 0 Å². The number of nitrogens with zero attached hydrogens (tertiary/aromatic N) is 1. The van der Waals surface area contributed by atoms with Gasteiger partial charge in [0.25, 0.3) is 0 Å². The Hall–Kier alpha value is -2.44. The second kappa shape index (κ2) is 8.97. The average Bonchev–Trinajstić information content (AvgIpc) is 2.70. The summed E-state index contributed by atoms with van der Waals surface area (Å²) in [5, 5.41) is 3.29. The smallest absolute Gasteiger partial charge is 0.153 e. The number of anilines is 1. The highest BCUT2D eigenvalue weighted by atomic mass is 19.1. The molecule has 1 heterocycles. The van der Waals surface area contributed by atoms with Gasteiger partial charge in [-0.05, 0) is 48.9 Å². The molecule has 0 radical (unpaired) electrons. The molecule has 1 saturated heterocycles. The van der Waals surface area contributed by atoms with E-state index >= 15 is 0 Å². The van der Waals surface area contributed by atoms with Gasteiger partial charge in [0.2, 0.25) is 0 Å². The van der Waals surface area contributed by atoms with Crippen molar-refractivity contribution in [2.45, 2.75) is 19.5 Å². The zero-order valence-electron chi connectivity index (χ0n) is 15.7. The predicted molar refractivity (Wildman–Crippen MR) is 103 cm³/mol. The molecule has 1 aliphatic rings. The van der Waals surface area contributed by atoms with E-state index in [2.05, 4.69) is 10.2 Å². The van der Waals surface area contributed by atoms with Crippen LogP contribution in [-0.4, -0.2) is 44.6 Å². The minimum absolute atomic E-state index is 0.0964. The second-order valence-electron chi connectivity index (χ2n) is 6.69. The first-order valence-electron chi connectivity index (χ1n) is 9.09. The van der Waals surface area contributed by atoms with Gasteiger partial charge in [-0.15, -0.1) is 0 Å². The van der Waals surface area contributed by atoms with Crippen molar-refractivity contribution in [3.8, 4) is 5.75 Å². The van der Waals surface area contributed by atoms with E-state index in [0.717, 1.165) is 30.1 Å². The zero-order valence-corrected chi connectivity index (χ0v) is 15.7. The van der Waals surface area contributed by atoms with E-state index in [4.69, 9.17) is 9.47 Å². The van der Waals surface area contributed by atoms with Gasteiger partial charge in [-0.3, -0.25) is 9.69 Å². The topological polar surface area (TPSA) is 50.8 Å². The van der Waals surface area contributed by atoms with Gasteiger partial charge in [-0.25, -0.2) is 4.39 Å². The first kappa shape index (κ1) is 19.3. The summed E-state index contributed by atoms with van der Waals surface area (Å²) in [5.74, 6) is 0.291. The van der Waals surface area contributed by atoms with Crippen molar-refractivity contribution in [1.82, 2.24) is 4.90 Å². The first-order valence-corrected chi connectivity index (χ1v) is 9.09. The number of morpholine rings is 1. The molecule has 0 saturated carbocycles. The maximum atomic E-state index is 14.8. The van der Waals surface area contributed by atoms with Crippen LogP contribution in [0.5, 0.6) is 5.75 Å². The fourth-order valence-electron chi connectivity index (χ4n) is 3.26. The van der Waals surface area contributed by atoms with Crippen LogP contribution < -0.4 is 10.1 Å². The van der Waals surface area contributed by atoms with Crippen LogP contribution in [0.2, 0.25) is 0 Å². The number of benzene rings is 2. The summed E-state index contributed by atoms with van der Waals surface area (Å²) >= 11 is 0. The van der Waals surface area contributed by atoms with E-state index in [1.807, 2.05) is 37.3 Å². The molecule has 27 heavy (non-hydrogen) atoms.